The number of carbonyl (C=O) groups excluding carboxylic acids is 1. The molecule has 30 heavy (non-hydrogen) atoms. The van der Waals surface area contributed by atoms with Gasteiger partial charge in [0.1, 0.15) is 25.3 Å². The lowest BCUT2D eigenvalue weighted by Gasteiger charge is -2.52. The summed E-state index contributed by atoms with van der Waals surface area (Å²) in [6.07, 6.45) is 10.0. The van der Waals surface area contributed by atoms with Crippen LogP contribution >= 0.6 is 0 Å². The van der Waals surface area contributed by atoms with Crippen LogP contribution in [0.4, 0.5) is 0 Å². The zero-order chi connectivity index (χ0) is 20.5. The van der Waals surface area contributed by atoms with E-state index in [-0.39, 0.29) is 23.4 Å². The number of carbonyl (C=O) groups is 1. The lowest BCUT2D eigenvalue weighted by molar-refractivity contribution is -0.216. The molecule has 6 fully saturated rings. The van der Waals surface area contributed by atoms with Crippen molar-refractivity contribution in [3.63, 3.8) is 0 Å². The van der Waals surface area contributed by atoms with Crippen LogP contribution in [0.5, 0.6) is 0 Å². The predicted octanol–water partition coefficient (Wildman–Crippen LogP) is 3.32. The van der Waals surface area contributed by atoms with Crippen LogP contribution in [0.3, 0.4) is 0 Å². The molecule has 0 aromatic heterocycles. The van der Waals surface area contributed by atoms with Crippen molar-refractivity contribution in [3.8, 4) is 0 Å². The highest BCUT2D eigenvalue weighted by Gasteiger charge is 2.79. The Labute approximate surface area is 179 Å². The number of methoxy groups -OCH3 is 2. The van der Waals surface area contributed by atoms with Gasteiger partial charge in [0.05, 0.1) is 11.7 Å². The van der Waals surface area contributed by atoms with Gasteiger partial charge in [-0.15, -0.1) is 0 Å². The van der Waals surface area contributed by atoms with Crippen molar-refractivity contribution in [1.29, 1.82) is 0 Å². The van der Waals surface area contributed by atoms with Gasteiger partial charge < -0.3 is 23.7 Å². The van der Waals surface area contributed by atoms with Gasteiger partial charge in [0.2, 0.25) is 0 Å². The van der Waals surface area contributed by atoms with E-state index < -0.39 is 0 Å². The molecule has 0 aromatic rings. The van der Waals surface area contributed by atoms with E-state index in [1.165, 1.54) is 25.7 Å². The maximum Gasteiger partial charge on any atom is 0.164 e. The quantitative estimate of drug-likeness (QED) is 0.485. The molecule has 6 heteroatoms. The zero-order valence-corrected chi connectivity index (χ0v) is 18.3. The fourth-order valence-electron chi connectivity index (χ4n) is 9.12. The van der Waals surface area contributed by atoms with Gasteiger partial charge in [-0.2, -0.15) is 0 Å². The molecule has 0 N–H and O–H groups in total. The number of ketones is 1. The minimum atomic E-state index is -0.254. The third-order valence-electron chi connectivity index (χ3n) is 9.85. The highest BCUT2D eigenvalue weighted by Crippen LogP contribution is 2.72. The summed E-state index contributed by atoms with van der Waals surface area (Å²) in [7, 11) is 3.42. The number of hydrogen-bond donors (Lipinski definition) is 0. The van der Waals surface area contributed by atoms with Crippen molar-refractivity contribution < 1.29 is 28.5 Å². The van der Waals surface area contributed by atoms with E-state index in [0.717, 1.165) is 25.7 Å². The number of epoxide rings is 1. The summed E-state index contributed by atoms with van der Waals surface area (Å²) >= 11 is 0. The summed E-state index contributed by atoms with van der Waals surface area (Å²) in [6, 6.07) is 0. The van der Waals surface area contributed by atoms with Gasteiger partial charge in [0, 0.05) is 26.6 Å². The summed E-state index contributed by atoms with van der Waals surface area (Å²) in [5.74, 6) is 3.66. The van der Waals surface area contributed by atoms with Crippen molar-refractivity contribution in [1.82, 2.24) is 0 Å². The maximum absolute atomic E-state index is 12.5. The second-order valence-corrected chi connectivity index (χ2v) is 10.8. The van der Waals surface area contributed by atoms with Gasteiger partial charge in [0.25, 0.3) is 0 Å². The first-order valence-corrected chi connectivity index (χ1v) is 12.1. The summed E-state index contributed by atoms with van der Waals surface area (Å²) in [5, 5.41) is 0. The summed E-state index contributed by atoms with van der Waals surface area (Å²) in [4.78, 5) is 12.5. The average molecular weight is 421 g/mol. The van der Waals surface area contributed by atoms with Crippen LogP contribution in [0, 0.1) is 35.5 Å². The van der Waals surface area contributed by atoms with Gasteiger partial charge in [-0.1, -0.05) is 12.8 Å². The van der Waals surface area contributed by atoms with E-state index in [9.17, 15) is 4.79 Å². The molecule has 10 atom stereocenters. The monoisotopic (exact) mass is 420 g/mol. The van der Waals surface area contributed by atoms with Crippen LogP contribution in [0.25, 0.3) is 0 Å². The first kappa shape index (κ1) is 20.1. The van der Waals surface area contributed by atoms with Crippen LogP contribution in [-0.2, 0) is 28.5 Å². The second-order valence-electron chi connectivity index (χ2n) is 10.8. The maximum atomic E-state index is 12.5. The molecular weight excluding hydrogens is 384 g/mol. The van der Waals surface area contributed by atoms with Crippen LogP contribution in [0.2, 0.25) is 0 Å². The largest absolute Gasteiger partial charge is 0.359 e. The molecule has 1 aliphatic heterocycles. The molecule has 6 aliphatic rings. The van der Waals surface area contributed by atoms with Crippen molar-refractivity contribution in [3.05, 3.63) is 0 Å². The molecule has 0 radical (unpaired) electrons. The zero-order valence-electron chi connectivity index (χ0n) is 18.3. The first-order chi connectivity index (χ1) is 14.6. The predicted molar refractivity (Wildman–Crippen MR) is 108 cm³/mol. The number of ether oxygens (including phenoxy) is 5. The Balaban J connectivity index is 1.39. The van der Waals surface area contributed by atoms with Crippen molar-refractivity contribution in [2.45, 2.75) is 81.2 Å². The van der Waals surface area contributed by atoms with Crippen molar-refractivity contribution >= 4 is 5.78 Å². The summed E-state index contributed by atoms with van der Waals surface area (Å²) in [5.41, 5.74) is -0.494. The fourth-order valence-corrected chi connectivity index (χ4v) is 9.12. The topological polar surface area (TPSA) is 66.5 Å². The van der Waals surface area contributed by atoms with Crippen LogP contribution in [0.1, 0.15) is 57.8 Å². The smallest absolute Gasteiger partial charge is 0.164 e. The van der Waals surface area contributed by atoms with Crippen LogP contribution < -0.4 is 0 Å². The molecule has 2 bridgehead atoms. The van der Waals surface area contributed by atoms with Gasteiger partial charge >= 0.3 is 0 Å². The number of Topliss-reactive ketones (excluding diaryl/α,β-unsaturated/α-hetero) is 1. The lowest BCUT2D eigenvalue weighted by atomic mass is 9.57. The number of rotatable bonds is 6. The number of hydrogen-bond acceptors (Lipinski definition) is 6. The van der Waals surface area contributed by atoms with Gasteiger partial charge in [-0.3, -0.25) is 4.79 Å². The van der Waals surface area contributed by atoms with E-state index in [0.29, 0.717) is 61.3 Å². The Bertz CT molecular complexity index is 697. The van der Waals surface area contributed by atoms with Crippen molar-refractivity contribution in [2.75, 3.05) is 27.8 Å². The van der Waals surface area contributed by atoms with Crippen molar-refractivity contribution in [2.24, 2.45) is 35.5 Å². The normalized spacial score (nSPS) is 53.5. The van der Waals surface area contributed by atoms with Gasteiger partial charge in [-0.05, 0) is 68.1 Å². The van der Waals surface area contributed by atoms with Gasteiger partial charge in [-0.25, -0.2) is 0 Å². The molecule has 0 amide bonds. The fraction of sp³-hybridized carbons (Fsp3) is 0.958. The van der Waals surface area contributed by atoms with E-state index >= 15 is 0 Å². The third kappa shape index (κ3) is 2.63. The Morgan fingerprint density at radius 3 is 2.63 bits per heavy atom. The first-order valence-electron chi connectivity index (χ1n) is 12.1. The molecule has 168 valence electrons. The molecule has 1 heterocycles. The highest BCUT2D eigenvalue weighted by molar-refractivity contribution is 5.88. The molecule has 2 unspecified atom stereocenters. The Hall–Kier alpha value is -0.530. The minimum Gasteiger partial charge on any atom is -0.359 e. The van der Waals surface area contributed by atoms with Crippen LogP contribution in [0.15, 0.2) is 0 Å². The second kappa shape index (κ2) is 7.24. The molecule has 0 aromatic carbocycles. The molecule has 1 saturated heterocycles. The third-order valence-corrected chi connectivity index (χ3v) is 9.85. The molecule has 5 aliphatic carbocycles. The molecule has 6 rings (SSSR count). The summed E-state index contributed by atoms with van der Waals surface area (Å²) in [6.45, 7) is 0.687. The van der Waals surface area contributed by atoms with E-state index in [2.05, 4.69) is 0 Å². The van der Waals surface area contributed by atoms with E-state index in [1.54, 1.807) is 14.2 Å². The van der Waals surface area contributed by atoms with E-state index in [4.69, 9.17) is 23.7 Å². The van der Waals surface area contributed by atoms with E-state index in [1.807, 2.05) is 0 Å². The van der Waals surface area contributed by atoms with Crippen LogP contribution in [-0.4, -0.2) is 57.0 Å². The standard InChI is InChI=1S/C24H36O6/c1-26-12-28-19-9-17-21(16-6-4-3-5-15(16)19)14-10-23(17,29-13-27-2)20-8-7-18(25)22-24(20,11-14)30-22/h14-17,19-22H,3-13H2,1-2H3/t14-,15-,16-,17-,19-,20+,21+,22?,23+,24?/m0/s1. The molecule has 1 spiro atoms. The molecule has 5 saturated carbocycles. The Morgan fingerprint density at radius 2 is 1.83 bits per heavy atom. The minimum absolute atomic E-state index is 0.174. The van der Waals surface area contributed by atoms with Gasteiger partial charge in [0.15, 0.2) is 5.78 Å². The number of fused-ring (bicyclic) bond motifs is 8. The Morgan fingerprint density at radius 1 is 1.03 bits per heavy atom. The molecule has 6 nitrogen and oxygen atoms in total. The summed E-state index contributed by atoms with van der Waals surface area (Å²) < 4.78 is 30.0. The SMILES string of the molecule is COCO[C@H]1C[C@H]2[C@H]([C@@H]3CC45OC4C(=O)CC[C@@H]5[C@@]2(OCOC)C3)[C@H]2CCCC[C@@H]21. The Kier molecular flexibility index (Phi) is 4.85. The molecular formula is C24H36O6. The average Bonchev–Trinajstić information content (AvgIpc) is 3.43. The highest BCUT2D eigenvalue weighted by atomic mass is 16.7. The lowest BCUT2D eigenvalue weighted by Crippen LogP contribution is -2.58.